The van der Waals surface area contributed by atoms with Gasteiger partial charge >= 0.3 is 8.25 Å². The van der Waals surface area contributed by atoms with E-state index < -0.39 is 14.4 Å². The van der Waals surface area contributed by atoms with Gasteiger partial charge in [0.25, 0.3) is 0 Å². The van der Waals surface area contributed by atoms with Crippen LogP contribution in [0.3, 0.4) is 0 Å². The third-order valence-corrected chi connectivity index (χ3v) is 3.21. The minimum atomic E-state index is -2.65. The predicted molar refractivity (Wildman–Crippen MR) is 77.1 cm³/mol. The number of nitrogens with two attached hydrogens (primary N) is 1. The van der Waals surface area contributed by atoms with Crippen LogP contribution in [0.1, 0.15) is 0 Å². The lowest BCUT2D eigenvalue weighted by molar-refractivity contribution is -0.0282. The van der Waals surface area contributed by atoms with Gasteiger partial charge in [-0.1, -0.05) is 0 Å². The number of imidazole rings is 1. The lowest BCUT2D eigenvalue weighted by Gasteiger charge is -2.14. The zero-order chi connectivity index (χ0) is 15.9. The van der Waals surface area contributed by atoms with Crippen molar-refractivity contribution in [2.45, 2.75) is 12.6 Å². The van der Waals surface area contributed by atoms with Crippen LogP contribution in [-0.4, -0.2) is 57.4 Å². The van der Waals surface area contributed by atoms with Crippen LogP contribution in [0.25, 0.3) is 11.2 Å². The van der Waals surface area contributed by atoms with Gasteiger partial charge in [0.15, 0.2) is 11.5 Å². The highest BCUT2D eigenvalue weighted by Crippen LogP contribution is 2.16. The van der Waals surface area contributed by atoms with Gasteiger partial charge in [-0.05, 0) is 0 Å². The molecule has 0 bridgehead atoms. The predicted octanol–water partition coefficient (Wildman–Crippen LogP) is 0.106. The van der Waals surface area contributed by atoms with Gasteiger partial charge < -0.3 is 19.8 Å². The lowest BCUT2D eigenvalue weighted by atomic mass is 10.4. The smallest absolute Gasteiger partial charge is 0.382 e. The average Bonchev–Trinajstić information content (AvgIpc) is 2.89. The molecule has 0 radical (unpaired) electrons. The van der Waals surface area contributed by atoms with Crippen LogP contribution in [0.2, 0.25) is 0 Å². The number of rotatable bonds is 9. The summed E-state index contributed by atoms with van der Waals surface area (Å²) in [6, 6.07) is 0. The summed E-state index contributed by atoms with van der Waals surface area (Å²) < 4.78 is 27.5. The average molecular weight is 330 g/mol. The Morgan fingerprint density at radius 2 is 2.23 bits per heavy atom. The highest BCUT2D eigenvalue weighted by Gasteiger charge is 2.19. The number of nitrogens with zero attached hydrogens (tertiary/aromatic N) is 4. The molecule has 2 aromatic heterocycles. The third kappa shape index (κ3) is 4.39. The molecular weight excluding hydrogens is 313 g/mol. The van der Waals surface area contributed by atoms with Crippen molar-refractivity contribution in [3.8, 4) is 0 Å². The van der Waals surface area contributed by atoms with Crippen molar-refractivity contribution >= 4 is 25.2 Å². The SMILES string of the molecule is COCC(CO[P+](=O)O)OCCn1cnc2c(N)ncnc21. The molecule has 120 valence electrons. The molecule has 0 saturated heterocycles. The summed E-state index contributed by atoms with van der Waals surface area (Å²) >= 11 is 0. The van der Waals surface area contributed by atoms with Gasteiger partial charge in [-0.25, -0.2) is 15.0 Å². The van der Waals surface area contributed by atoms with Crippen LogP contribution in [0.4, 0.5) is 5.82 Å². The fourth-order valence-electron chi connectivity index (χ4n) is 1.86. The quantitative estimate of drug-likeness (QED) is 0.614. The summed E-state index contributed by atoms with van der Waals surface area (Å²) in [5.74, 6) is 0.321. The Morgan fingerprint density at radius 1 is 1.41 bits per heavy atom. The van der Waals surface area contributed by atoms with E-state index in [0.29, 0.717) is 30.1 Å². The lowest BCUT2D eigenvalue weighted by Crippen LogP contribution is -2.25. The molecule has 2 unspecified atom stereocenters. The first-order chi connectivity index (χ1) is 10.6. The van der Waals surface area contributed by atoms with E-state index in [-0.39, 0.29) is 13.2 Å². The molecule has 0 aromatic carbocycles. The summed E-state index contributed by atoms with van der Waals surface area (Å²) in [6.07, 6.45) is 2.53. The first-order valence-corrected chi connectivity index (χ1v) is 7.55. The molecule has 10 nitrogen and oxygen atoms in total. The Bertz CT molecular complexity index is 636. The van der Waals surface area contributed by atoms with Gasteiger partial charge in [-0.3, -0.25) is 0 Å². The van der Waals surface area contributed by atoms with Crippen molar-refractivity contribution in [3.63, 3.8) is 0 Å². The van der Waals surface area contributed by atoms with E-state index in [1.54, 1.807) is 10.9 Å². The van der Waals surface area contributed by atoms with E-state index in [9.17, 15) is 4.57 Å². The first kappa shape index (κ1) is 16.7. The van der Waals surface area contributed by atoms with Crippen molar-refractivity contribution in [1.82, 2.24) is 19.5 Å². The molecule has 0 aliphatic carbocycles. The Morgan fingerprint density at radius 3 is 2.95 bits per heavy atom. The molecule has 0 aliphatic rings. The van der Waals surface area contributed by atoms with Gasteiger partial charge in [-0.2, -0.15) is 0 Å². The number of aromatic nitrogens is 4. The van der Waals surface area contributed by atoms with E-state index in [1.807, 2.05) is 0 Å². The number of hydrogen-bond donors (Lipinski definition) is 2. The monoisotopic (exact) mass is 330 g/mol. The summed E-state index contributed by atoms with van der Waals surface area (Å²) in [7, 11) is -1.14. The fraction of sp³-hybridized carbons (Fsp3) is 0.545. The van der Waals surface area contributed by atoms with E-state index in [4.69, 9.17) is 20.1 Å². The van der Waals surface area contributed by atoms with E-state index in [0.717, 1.165) is 0 Å². The standard InChI is InChI=1S/C11H16N5O5P/c1-19-4-8(5-21-22(17)18)20-3-2-16-7-15-9-10(12)13-6-14-11(9)16/h6-8H,2-5H2,1H3,(H2-,12,13,14,17,18)/p+1. The minimum Gasteiger partial charge on any atom is -0.382 e. The zero-order valence-electron chi connectivity index (χ0n) is 12.0. The molecule has 0 fully saturated rings. The number of hydrogen-bond acceptors (Lipinski definition) is 8. The largest absolute Gasteiger partial charge is 0.694 e. The summed E-state index contributed by atoms with van der Waals surface area (Å²) in [4.78, 5) is 20.8. The topological polar surface area (TPSA) is 135 Å². The molecular formula is C11H17N5O5P+. The molecule has 0 aliphatic heterocycles. The highest BCUT2D eigenvalue weighted by molar-refractivity contribution is 7.32. The Balaban J connectivity index is 1.90. The van der Waals surface area contributed by atoms with Crippen molar-refractivity contribution in [1.29, 1.82) is 0 Å². The number of anilines is 1. The number of fused-ring (bicyclic) bond motifs is 1. The van der Waals surface area contributed by atoms with Crippen LogP contribution >= 0.6 is 8.25 Å². The minimum absolute atomic E-state index is 0.0284. The number of ether oxygens (including phenoxy) is 2. The summed E-state index contributed by atoms with van der Waals surface area (Å²) in [5.41, 5.74) is 6.87. The Labute approximate surface area is 127 Å². The molecule has 2 heterocycles. The van der Waals surface area contributed by atoms with Gasteiger partial charge in [0.2, 0.25) is 0 Å². The summed E-state index contributed by atoms with van der Waals surface area (Å²) in [6.45, 7) is 1.04. The molecule has 2 atom stereocenters. The molecule has 2 aromatic rings. The molecule has 3 N–H and O–H groups in total. The number of nitrogen functional groups attached to an aromatic ring is 1. The van der Waals surface area contributed by atoms with Gasteiger partial charge in [0.1, 0.15) is 24.6 Å². The molecule has 22 heavy (non-hydrogen) atoms. The van der Waals surface area contributed by atoms with Gasteiger partial charge in [0.05, 0.1) is 19.5 Å². The Kier molecular flexibility index (Phi) is 6.10. The van der Waals surface area contributed by atoms with Crippen LogP contribution in [0.5, 0.6) is 0 Å². The molecule has 11 heteroatoms. The second kappa shape index (κ2) is 8.06. The van der Waals surface area contributed by atoms with Crippen molar-refractivity contribution < 1.29 is 23.5 Å². The number of methoxy groups -OCH3 is 1. The van der Waals surface area contributed by atoms with E-state index in [2.05, 4.69) is 19.5 Å². The van der Waals surface area contributed by atoms with Gasteiger partial charge in [-0.15, -0.1) is 9.42 Å². The third-order valence-electron chi connectivity index (χ3n) is 2.84. The van der Waals surface area contributed by atoms with E-state index in [1.165, 1.54) is 13.4 Å². The Hall–Kier alpha value is -1.71. The fourth-order valence-corrected chi connectivity index (χ4v) is 2.15. The molecule has 0 spiro atoms. The van der Waals surface area contributed by atoms with Crippen LogP contribution < -0.4 is 5.73 Å². The van der Waals surface area contributed by atoms with Crippen molar-refractivity contribution in [2.75, 3.05) is 32.7 Å². The van der Waals surface area contributed by atoms with Crippen LogP contribution in [0.15, 0.2) is 12.7 Å². The second-order valence-corrected chi connectivity index (χ2v) is 5.08. The van der Waals surface area contributed by atoms with Crippen LogP contribution in [-0.2, 0) is 25.1 Å². The highest BCUT2D eigenvalue weighted by atomic mass is 31.1. The normalized spacial score (nSPS) is 13.5. The van der Waals surface area contributed by atoms with Crippen molar-refractivity contribution in [2.24, 2.45) is 0 Å². The second-order valence-electron chi connectivity index (χ2n) is 4.35. The molecule has 0 saturated carbocycles. The van der Waals surface area contributed by atoms with E-state index >= 15 is 0 Å². The van der Waals surface area contributed by atoms with Crippen molar-refractivity contribution in [3.05, 3.63) is 12.7 Å². The van der Waals surface area contributed by atoms with Gasteiger partial charge in [0, 0.05) is 18.2 Å². The van der Waals surface area contributed by atoms with Crippen LogP contribution in [0, 0.1) is 0 Å². The maximum absolute atomic E-state index is 10.5. The maximum Gasteiger partial charge on any atom is 0.694 e. The maximum atomic E-state index is 10.5. The zero-order valence-corrected chi connectivity index (χ0v) is 12.8. The molecule has 0 amide bonds. The summed E-state index contributed by atoms with van der Waals surface area (Å²) in [5, 5.41) is 0. The first-order valence-electron chi connectivity index (χ1n) is 6.42. The molecule has 2 rings (SSSR count).